The predicted molar refractivity (Wildman–Crippen MR) is 130 cm³/mol. The number of hydrogen-bond acceptors (Lipinski definition) is 8. The molecule has 0 bridgehead atoms. The van der Waals surface area contributed by atoms with Crippen LogP contribution in [0.1, 0.15) is 17.2 Å². The zero-order chi connectivity index (χ0) is 25.9. The lowest BCUT2D eigenvalue weighted by atomic mass is 9.95. The highest BCUT2D eigenvalue weighted by Gasteiger charge is 2.45. The lowest BCUT2D eigenvalue weighted by Gasteiger charge is -2.26. The van der Waals surface area contributed by atoms with Crippen LogP contribution < -0.4 is 4.74 Å². The molecule has 2 heterocycles. The number of sulfonamides is 1. The van der Waals surface area contributed by atoms with E-state index < -0.39 is 27.8 Å². The zero-order valence-corrected chi connectivity index (χ0v) is 20.9. The van der Waals surface area contributed by atoms with Gasteiger partial charge in [0.15, 0.2) is 0 Å². The highest BCUT2D eigenvalue weighted by molar-refractivity contribution is 7.89. The van der Waals surface area contributed by atoms with Crippen LogP contribution in [0.25, 0.3) is 5.76 Å². The van der Waals surface area contributed by atoms with Gasteiger partial charge >= 0.3 is 0 Å². The van der Waals surface area contributed by atoms with E-state index in [0.717, 1.165) is 0 Å². The van der Waals surface area contributed by atoms with Crippen LogP contribution in [-0.4, -0.2) is 88.1 Å². The van der Waals surface area contributed by atoms with Crippen LogP contribution in [-0.2, 0) is 29.1 Å². The fourth-order valence-corrected chi connectivity index (χ4v) is 5.72. The number of aliphatic hydroxyl groups excluding tert-OH is 1. The van der Waals surface area contributed by atoms with Gasteiger partial charge in [-0.05, 0) is 42.0 Å². The number of aliphatic hydroxyl groups is 1. The summed E-state index contributed by atoms with van der Waals surface area (Å²) in [5, 5.41) is 11.2. The van der Waals surface area contributed by atoms with Crippen LogP contribution in [0.2, 0.25) is 0 Å². The van der Waals surface area contributed by atoms with Gasteiger partial charge in [0, 0.05) is 32.3 Å². The summed E-state index contributed by atoms with van der Waals surface area (Å²) in [5.74, 6) is -1.36. The Labute approximate surface area is 209 Å². The molecule has 36 heavy (non-hydrogen) atoms. The summed E-state index contributed by atoms with van der Waals surface area (Å²) in [5.41, 5.74) is 0.753. The SMILES string of the molecule is COCCN1C(=O)C(=O)/C(=C(\O)c2ccc(S(=O)(=O)N3CCOCC3)cc2)C1c1ccc(OC)cc1. The molecule has 2 aliphatic rings. The first-order valence-corrected chi connectivity index (χ1v) is 12.8. The maximum absolute atomic E-state index is 13.0. The van der Waals surface area contributed by atoms with E-state index in [2.05, 4.69) is 0 Å². The molecular formula is C25H28N2O8S. The van der Waals surface area contributed by atoms with Crippen molar-refractivity contribution in [2.45, 2.75) is 10.9 Å². The molecule has 4 rings (SSSR count). The molecular weight excluding hydrogens is 488 g/mol. The van der Waals surface area contributed by atoms with E-state index in [9.17, 15) is 23.1 Å². The molecule has 192 valence electrons. The summed E-state index contributed by atoms with van der Waals surface area (Å²) in [6.07, 6.45) is 0. The van der Waals surface area contributed by atoms with Crippen molar-refractivity contribution in [3.8, 4) is 5.75 Å². The third-order valence-corrected chi connectivity index (χ3v) is 8.16. The quantitative estimate of drug-likeness (QED) is 0.320. The standard InChI is InChI=1S/C25H28N2O8S/c1-33-14-13-27-22(17-3-7-19(34-2)8-4-17)21(24(29)25(27)30)23(28)18-5-9-20(10-6-18)36(31,32)26-11-15-35-16-12-26/h3-10,22,28H,11-16H2,1-2H3/b23-21-. The summed E-state index contributed by atoms with van der Waals surface area (Å²) in [7, 11) is -0.700. The molecule has 0 spiro atoms. The largest absolute Gasteiger partial charge is 0.507 e. The van der Waals surface area contributed by atoms with E-state index in [0.29, 0.717) is 24.5 Å². The number of nitrogens with zero attached hydrogens (tertiary/aromatic N) is 2. The Bertz CT molecular complexity index is 1250. The van der Waals surface area contributed by atoms with Crippen molar-refractivity contribution in [1.29, 1.82) is 0 Å². The van der Waals surface area contributed by atoms with E-state index in [1.165, 1.54) is 47.7 Å². The van der Waals surface area contributed by atoms with Crippen molar-refractivity contribution in [3.63, 3.8) is 0 Å². The van der Waals surface area contributed by atoms with Gasteiger partial charge in [-0.25, -0.2) is 8.42 Å². The second-order valence-corrected chi connectivity index (χ2v) is 10.2. The van der Waals surface area contributed by atoms with Crippen LogP contribution >= 0.6 is 0 Å². The summed E-state index contributed by atoms with van der Waals surface area (Å²) < 4.78 is 42.7. The molecule has 1 N–H and O–H groups in total. The van der Waals surface area contributed by atoms with E-state index in [1.54, 1.807) is 24.3 Å². The first-order valence-electron chi connectivity index (χ1n) is 11.4. The molecule has 1 amide bonds. The molecule has 2 saturated heterocycles. The maximum Gasteiger partial charge on any atom is 0.295 e. The number of carbonyl (C=O) groups is 2. The van der Waals surface area contributed by atoms with E-state index >= 15 is 0 Å². The second-order valence-electron chi connectivity index (χ2n) is 8.30. The highest BCUT2D eigenvalue weighted by Crippen LogP contribution is 2.39. The minimum atomic E-state index is -3.72. The van der Waals surface area contributed by atoms with Gasteiger partial charge < -0.3 is 24.2 Å². The number of ketones is 1. The number of likely N-dealkylation sites (tertiary alicyclic amines) is 1. The van der Waals surface area contributed by atoms with Crippen LogP contribution in [0, 0.1) is 0 Å². The Balaban J connectivity index is 1.73. The van der Waals surface area contributed by atoms with E-state index in [-0.39, 0.29) is 48.0 Å². The van der Waals surface area contributed by atoms with Crippen molar-refractivity contribution in [2.75, 3.05) is 53.7 Å². The Morgan fingerprint density at radius 3 is 2.25 bits per heavy atom. The number of morpholine rings is 1. The fraction of sp³-hybridized carbons (Fsp3) is 0.360. The smallest absolute Gasteiger partial charge is 0.295 e. The summed E-state index contributed by atoms with van der Waals surface area (Å²) in [6.45, 7) is 1.52. The number of methoxy groups -OCH3 is 2. The molecule has 10 nitrogen and oxygen atoms in total. The molecule has 1 unspecified atom stereocenters. The lowest BCUT2D eigenvalue weighted by molar-refractivity contribution is -0.140. The first kappa shape index (κ1) is 25.8. The molecule has 2 aromatic rings. The third kappa shape index (κ3) is 4.87. The molecule has 0 aromatic heterocycles. The van der Waals surface area contributed by atoms with Gasteiger partial charge in [-0.1, -0.05) is 12.1 Å². The molecule has 1 atom stereocenters. The average Bonchev–Trinajstić information content (AvgIpc) is 3.17. The molecule has 0 radical (unpaired) electrons. The minimum Gasteiger partial charge on any atom is -0.507 e. The predicted octanol–water partition coefficient (Wildman–Crippen LogP) is 1.78. The van der Waals surface area contributed by atoms with Crippen molar-refractivity contribution >= 4 is 27.5 Å². The Morgan fingerprint density at radius 1 is 1.03 bits per heavy atom. The normalized spacial score (nSPS) is 20.6. The van der Waals surface area contributed by atoms with Gasteiger partial charge in [-0.2, -0.15) is 4.31 Å². The molecule has 2 aliphatic heterocycles. The van der Waals surface area contributed by atoms with Gasteiger partial charge in [0.2, 0.25) is 10.0 Å². The number of hydrogen-bond donors (Lipinski definition) is 1. The molecule has 2 fully saturated rings. The topological polar surface area (TPSA) is 123 Å². The highest BCUT2D eigenvalue weighted by atomic mass is 32.2. The van der Waals surface area contributed by atoms with Gasteiger partial charge in [0.1, 0.15) is 11.5 Å². The van der Waals surface area contributed by atoms with Crippen LogP contribution in [0.3, 0.4) is 0 Å². The van der Waals surface area contributed by atoms with Crippen LogP contribution in [0.15, 0.2) is 59.0 Å². The summed E-state index contributed by atoms with van der Waals surface area (Å²) in [4.78, 5) is 27.3. The number of amides is 1. The van der Waals surface area contributed by atoms with Crippen molar-refractivity contribution in [1.82, 2.24) is 9.21 Å². The number of Topliss-reactive ketones (excluding diaryl/α,β-unsaturated/α-hetero) is 1. The van der Waals surface area contributed by atoms with Gasteiger partial charge in [0.25, 0.3) is 11.7 Å². The first-order chi connectivity index (χ1) is 17.3. The minimum absolute atomic E-state index is 0.0631. The zero-order valence-electron chi connectivity index (χ0n) is 20.0. The maximum atomic E-state index is 13.0. The number of carbonyl (C=O) groups excluding carboxylic acids is 2. The third-order valence-electron chi connectivity index (χ3n) is 6.24. The Hall–Kier alpha value is -3.25. The lowest BCUT2D eigenvalue weighted by Crippen LogP contribution is -2.40. The van der Waals surface area contributed by atoms with Gasteiger partial charge in [0.05, 0.1) is 43.4 Å². The van der Waals surface area contributed by atoms with Crippen molar-refractivity contribution < 1.29 is 37.3 Å². The Morgan fingerprint density at radius 2 is 1.67 bits per heavy atom. The van der Waals surface area contributed by atoms with E-state index in [4.69, 9.17) is 14.2 Å². The van der Waals surface area contributed by atoms with Gasteiger partial charge in [-0.3, -0.25) is 9.59 Å². The van der Waals surface area contributed by atoms with Crippen molar-refractivity contribution in [3.05, 3.63) is 65.2 Å². The molecule has 0 saturated carbocycles. The molecule has 0 aliphatic carbocycles. The summed E-state index contributed by atoms with van der Waals surface area (Å²) >= 11 is 0. The average molecular weight is 517 g/mol. The summed E-state index contributed by atoms with van der Waals surface area (Å²) in [6, 6.07) is 11.6. The number of benzene rings is 2. The fourth-order valence-electron chi connectivity index (χ4n) is 4.31. The molecule has 11 heteroatoms. The number of rotatable bonds is 8. The molecule has 2 aromatic carbocycles. The van der Waals surface area contributed by atoms with E-state index in [1.807, 2.05) is 0 Å². The Kier molecular flexibility index (Phi) is 7.74. The monoisotopic (exact) mass is 516 g/mol. The van der Waals surface area contributed by atoms with Crippen LogP contribution in [0.4, 0.5) is 0 Å². The van der Waals surface area contributed by atoms with Crippen molar-refractivity contribution in [2.24, 2.45) is 0 Å². The van der Waals surface area contributed by atoms with Crippen LogP contribution in [0.5, 0.6) is 5.75 Å². The van der Waals surface area contributed by atoms with Gasteiger partial charge in [-0.15, -0.1) is 0 Å². The second kappa shape index (κ2) is 10.8. The number of ether oxygens (including phenoxy) is 3.